The first-order chi connectivity index (χ1) is 13.1. The summed E-state index contributed by atoms with van der Waals surface area (Å²) in [7, 11) is -3.87. The molecule has 1 fully saturated rings. The van der Waals surface area contributed by atoms with E-state index in [1.54, 1.807) is 17.0 Å². The van der Waals surface area contributed by atoms with Crippen molar-refractivity contribution in [1.82, 2.24) is 4.90 Å². The highest BCUT2D eigenvalue weighted by Gasteiger charge is 2.37. The van der Waals surface area contributed by atoms with Gasteiger partial charge < -0.3 is 9.64 Å². The molecule has 1 atom stereocenters. The molecule has 0 bridgehead atoms. The smallest absolute Gasteiger partial charge is 0.254 e. The minimum atomic E-state index is -3.87. The van der Waals surface area contributed by atoms with Crippen molar-refractivity contribution in [2.45, 2.75) is 42.3 Å². The van der Waals surface area contributed by atoms with Crippen molar-refractivity contribution in [3.63, 3.8) is 0 Å². The quantitative estimate of drug-likeness (QED) is 0.629. The fourth-order valence-corrected chi connectivity index (χ4v) is 5.69. The number of carbonyl (C=O) groups is 2. The summed E-state index contributed by atoms with van der Waals surface area (Å²) in [6.07, 6.45) is -0.123. The Labute approximate surface area is 164 Å². The van der Waals surface area contributed by atoms with E-state index in [1.807, 2.05) is 20.8 Å². The van der Waals surface area contributed by atoms with Crippen molar-refractivity contribution in [2.24, 2.45) is 0 Å². The van der Waals surface area contributed by atoms with Gasteiger partial charge >= 0.3 is 0 Å². The third-order valence-corrected chi connectivity index (χ3v) is 6.89. The predicted molar refractivity (Wildman–Crippen MR) is 102 cm³/mol. The van der Waals surface area contributed by atoms with Crippen molar-refractivity contribution >= 4 is 21.5 Å². The standard InChI is InChI=1S/C21H21NO5S/c1-13-11-22(12-21(2,3)27-13)20(24)14-8-9-16-18(10-14)28(25,26)17-7-5-4-6-15(17)19(16)23/h4-10,13H,11-12H2,1-3H3. The molecule has 2 aliphatic heterocycles. The van der Waals surface area contributed by atoms with Crippen LogP contribution in [0.5, 0.6) is 0 Å². The molecule has 2 heterocycles. The number of amides is 1. The van der Waals surface area contributed by atoms with Crippen LogP contribution in [0.4, 0.5) is 0 Å². The Morgan fingerprint density at radius 3 is 2.50 bits per heavy atom. The maximum absolute atomic E-state index is 13.1. The van der Waals surface area contributed by atoms with E-state index in [-0.39, 0.29) is 44.3 Å². The monoisotopic (exact) mass is 399 g/mol. The maximum atomic E-state index is 13.1. The van der Waals surface area contributed by atoms with Crippen LogP contribution >= 0.6 is 0 Å². The van der Waals surface area contributed by atoms with E-state index in [9.17, 15) is 18.0 Å². The van der Waals surface area contributed by atoms with Crippen LogP contribution in [-0.2, 0) is 14.6 Å². The zero-order valence-corrected chi connectivity index (χ0v) is 16.7. The fourth-order valence-electron chi connectivity index (χ4n) is 4.01. The second-order valence-corrected chi connectivity index (χ2v) is 9.80. The van der Waals surface area contributed by atoms with Crippen molar-refractivity contribution in [3.05, 3.63) is 59.2 Å². The molecule has 4 rings (SSSR count). The van der Waals surface area contributed by atoms with Crippen LogP contribution in [0.3, 0.4) is 0 Å². The molecule has 7 heteroatoms. The Morgan fingerprint density at radius 2 is 1.79 bits per heavy atom. The lowest BCUT2D eigenvalue weighted by molar-refractivity contribution is -0.118. The van der Waals surface area contributed by atoms with Gasteiger partial charge in [-0.1, -0.05) is 12.1 Å². The summed E-state index contributed by atoms with van der Waals surface area (Å²) in [5, 5.41) is 0. The Kier molecular flexibility index (Phi) is 4.21. The molecule has 0 aromatic heterocycles. The topological polar surface area (TPSA) is 80.8 Å². The van der Waals surface area contributed by atoms with Gasteiger partial charge in [0.25, 0.3) is 5.91 Å². The number of sulfone groups is 1. The van der Waals surface area contributed by atoms with Crippen molar-refractivity contribution in [1.29, 1.82) is 0 Å². The Morgan fingerprint density at radius 1 is 1.11 bits per heavy atom. The molecular weight excluding hydrogens is 378 g/mol. The summed E-state index contributed by atoms with van der Waals surface area (Å²) in [6, 6.07) is 10.4. The number of hydrogen-bond donors (Lipinski definition) is 0. The van der Waals surface area contributed by atoms with Gasteiger partial charge in [0.2, 0.25) is 9.84 Å². The van der Waals surface area contributed by atoms with Crippen LogP contribution in [0.15, 0.2) is 52.3 Å². The maximum Gasteiger partial charge on any atom is 0.254 e. The van der Waals surface area contributed by atoms with Crippen LogP contribution in [0.25, 0.3) is 0 Å². The molecule has 0 spiro atoms. The number of rotatable bonds is 1. The lowest BCUT2D eigenvalue weighted by atomic mass is 10.00. The average Bonchev–Trinajstić information content (AvgIpc) is 2.64. The number of morpholine rings is 1. The highest BCUT2D eigenvalue weighted by molar-refractivity contribution is 7.91. The lowest BCUT2D eigenvalue weighted by Crippen LogP contribution is -2.53. The Bertz CT molecular complexity index is 1100. The van der Waals surface area contributed by atoms with Gasteiger partial charge in [-0.2, -0.15) is 0 Å². The minimum Gasteiger partial charge on any atom is -0.369 e. The van der Waals surface area contributed by atoms with Gasteiger partial charge in [0.15, 0.2) is 5.78 Å². The zero-order chi connectivity index (χ0) is 20.3. The average molecular weight is 399 g/mol. The van der Waals surface area contributed by atoms with E-state index in [1.165, 1.54) is 30.3 Å². The first-order valence-electron chi connectivity index (χ1n) is 9.10. The van der Waals surface area contributed by atoms with Crippen LogP contribution in [0.1, 0.15) is 47.1 Å². The highest BCUT2D eigenvalue weighted by Crippen LogP contribution is 2.35. The van der Waals surface area contributed by atoms with Crippen LogP contribution in [0.2, 0.25) is 0 Å². The van der Waals surface area contributed by atoms with E-state index < -0.39 is 15.4 Å². The summed E-state index contributed by atoms with van der Waals surface area (Å²) in [5.74, 6) is -0.618. The van der Waals surface area contributed by atoms with Crippen molar-refractivity contribution in [2.75, 3.05) is 13.1 Å². The van der Waals surface area contributed by atoms with Crippen LogP contribution in [0, 0.1) is 0 Å². The van der Waals surface area contributed by atoms with Crippen molar-refractivity contribution in [3.8, 4) is 0 Å². The molecule has 6 nitrogen and oxygen atoms in total. The largest absolute Gasteiger partial charge is 0.369 e. The first-order valence-corrected chi connectivity index (χ1v) is 10.6. The van der Waals surface area contributed by atoms with Crippen LogP contribution in [-0.4, -0.2) is 49.8 Å². The number of ether oxygens (including phenoxy) is 1. The first kappa shape index (κ1) is 18.8. The molecule has 0 saturated carbocycles. The number of nitrogens with zero attached hydrogens (tertiary/aromatic N) is 1. The van der Waals surface area contributed by atoms with E-state index in [0.717, 1.165) is 0 Å². The number of benzene rings is 2. The second kappa shape index (κ2) is 6.25. The van der Waals surface area contributed by atoms with Gasteiger partial charge in [-0.3, -0.25) is 9.59 Å². The fraction of sp³-hybridized carbons (Fsp3) is 0.333. The number of carbonyl (C=O) groups excluding carboxylic acids is 2. The van der Waals surface area contributed by atoms with Crippen LogP contribution < -0.4 is 0 Å². The molecule has 1 saturated heterocycles. The number of fused-ring (bicyclic) bond motifs is 2. The van der Waals surface area contributed by atoms with Gasteiger partial charge in [-0.25, -0.2) is 8.42 Å². The molecule has 0 aliphatic carbocycles. The summed E-state index contributed by atoms with van der Waals surface area (Å²) in [6.45, 7) is 6.55. The molecule has 0 N–H and O–H groups in total. The van der Waals surface area contributed by atoms with E-state index in [0.29, 0.717) is 13.1 Å². The molecule has 1 unspecified atom stereocenters. The zero-order valence-electron chi connectivity index (χ0n) is 15.9. The van der Waals surface area contributed by atoms with E-state index >= 15 is 0 Å². The van der Waals surface area contributed by atoms with E-state index in [2.05, 4.69) is 0 Å². The highest BCUT2D eigenvalue weighted by atomic mass is 32.2. The predicted octanol–water partition coefficient (Wildman–Crippen LogP) is 2.70. The van der Waals surface area contributed by atoms with Gasteiger partial charge in [0, 0.05) is 29.8 Å². The SMILES string of the molecule is CC1CN(C(=O)c2ccc3c(c2)S(=O)(=O)c2ccccc2C3=O)CC(C)(C)O1. The summed E-state index contributed by atoms with van der Waals surface area (Å²) < 4.78 is 31.9. The lowest BCUT2D eigenvalue weighted by Gasteiger charge is -2.41. The number of hydrogen-bond acceptors (Lipinski definition) is 5. The Balaban J connectivity index is 1.76. The number of ketones is 1. The summed E-state index contributed by atoms with van der Waals surface area (Å²) >= 11 is 0. The third kappa shape index (κ3) is 2.95. The van der Waals surface area contributed by atoms with Crippen molar-refractivity contribution < 1.29 is 22.7 Å². The Hall–Kier alpha value is -2.51. The minimum absolute atomic E-state index is 0.0155. The molecular formula is C21H21NO5S. The molecule has 2 aromatic carbocycles. The molecule has 2 aliphatic rings. The second-order valence-electron chi connectivity index (χ2n) is 7.91. The van der Waals surface area contributed by atoms with Gasteiger partial charge in [-0.15, -0.1) is 0 Å². The van der Waals surface area contributed by atoms with Gasteiger partial charge in [0.1, 0.15) is 0 Å². The van der Waals surface area contributed by atoms with Gasteiger partial charge in [0.05, 0.1) is 21.5 Å². The molecule has 146 valence electrons. The van der Waals surface area contributed by atoms with E-state index in [4.69, 9.17) is 4.74 Å². The molecule has 28 heavy (non-hydrogen) atoms. The molecule has 0 radical (unpaired) electrons. The summed E-state index contributed by atoms with van der Waals surface area (Å²) in [5.41, 5.74) is 0.0332. The molecule has 1 amide bonds. The summed E-state index contributed by atoms with van der Waals surface area (Å²) in [4.78, 5) is 27.3. The van der Waals surface area contributed by atoms with Gasteiger partial charge in [-0.05, 0) is 51.1 Å². The molecule has 2 aromatic rings. The third-order valence-electron chi connectivity index (χ3n) is 5.04. The normalized spacial score (nSPS) is 22.3.